The van der Waals surface area contributed by atoms with E-state index in [-0.39, 0.29) is 11.3 Å². The number of anilines is 1. The summed E-state index contributed by atoms with van der Waals surface area (Å²) in [5, 5.41) is 3.03. The molecule has 0 spiro atoms. The van der Waals surface area contributed by atoms with Gasteiger partial charge in [-0.05, 0) is 25.1 Å². The third-order valence-corrected chi connectivity index (χ3v) is 4.05. The van der Waals surface area contributed by atoms with Gasteiger partial charge in [-0.2, -0.15) is 8.78 Å². The zero-order chi connectivity index (χ0) is 18.9. The lowest BCUT2D eigenvalue weighted by molar-refractivity contribution is -0.139. The summed E-state index contributed by atoms with van der Waals surface area (Å²) in [7, 11) is 0. The van der Waals surface area contributed by atoms with Crippen LogP contribution in [0, 0.1) is 0 Å². The topological polar surface area (TPSA) is 79.0 Å². The highest BCUT2D eigenvalue weighted by molar-refractivity contribution is 6.09. The number of aromatic nitrogens is 1. The van der Waals surface area contributed by atoms with Gasteiger partial charge in [0, 0.05) is 28.2 Å². The van der Waals surface area contributed by atoms with E-state index >= 15 is 0 Å². The number of carbonyl (C=O) groups is 3. The number of benzene rings is 2. The highest BCUT2D eigenvalue weighted by Gasteiger charge is 2.50. The molecule has 0 radical (unpaired) electrons. The lowest BCUT2D eigenvalue weighted by Crippen LogP contribution is -2.25. The van der Waals surface area contributed by atoms with Crippen LogP contribution < -0.4 is 5.32 Å². The molecule has 2 N–H and O–H groups in total. The number of fused-ring (bicyclic) bond motifs is 2. The number of alkyl halides is 2. The van der Waals surface area contributed by atoms with Crippen LogP contribution in [-0.4, -0.2) is 23.0 Å². The molecule has 1 aliphatic heterocycles. The van der Waals surface area contributed by atoms with E-state index in [9.17, 15) is 23.2 Å². The van der Waals surface area contributed by atoms with Crippen molar-refractivity contribution in [2.24, 2.45) is 0 Å². The second-order valence-corrected chi connectivity index (χ2v) is 5.72. The SMILES string of the molecule is CC(=O)c1cccc2c1C(F)(F)C(=O)N2.O=Cc1cccc2[nH]ccc12. The summed E-state index contributed by atoms with van der Waals surface area (Å²) >= 11 is 0. The third-order valence-electron chi connectivity index (χ3n) is 4.05. The van der Waals surface area contributed by atoms with Crippen molar-refractivity contribution in [1.82, 2.24) is 4.98 Å². The first-order valence-corrected chi connectivity index (χ1v) is 7.71. The number of aromatic amines is 1. The Morgan fingerprint density at radius 2 is 1.85 bits per heavy atom. The van der Waals surface area contributed by atoms with E-state index in [2.05, 4.69) is 4.98 Å². The summed E-state index contributed by atoms with van der Waals surface area (Å²) in [5.41, 5.74) is 1.13. The van der Waals surface area contributed by atoms with Crippen molar-refractivity contribution in [3.63, 3.8) is 0 Å². The summed E-state index contributed by atoms with van der Waals surface area (Å²) in [6, 6.07) is 11.6. The monoisotopic (exact) mass is 356 g/mol. The van der Waals surface area contributed by atoms with Crippen molar-refractivity contribution in [3.05, 3.63) is 65.4 Å². The van der Waals surface area contributed by atoms with Crippen LogP contribution in [0.2, 0.25) is 0 Å². The van der Waals surface area contributed by atoms with Crippen LogP contribution in [0.3, 0.4) is 0 Å². The maximum Gasteiger partial charge on any atom is 0.352 e. The molecular formula is C19H14F2N2O3. The van der Waals surface area contributed by atoms with E-state index in [0.29, 0.717) is 0 Å². The highest BCUT2D eigenvalue weighted by Crippen LogP contribution is 2.42. The molecular weight excluding hydrogens is 342 g/mol. The van der Waals surface area contributed by atoms with Crippen molar-refractivity contribution < 1.29 is 23.2 Å². The lowest BCUT2D eigenvalue weighted by atomic mass is 10.00. The van der Waals surface area contributed by atoms with Gasteiger partial charge in [-0.3, -0.25) is 14.4 Å². The maximum atomic E-state index is 13.4. The fourth-order valence-electron chi connectivity index (χ4n) is 2.81. The van der Waals surface area contributed by atoms with Gasteiger partial charge in [-0.15, -0.1) is 0 Å². The van der Waals surface area contributed by atoms with Crippen LogP contribution in [0.4, 0.5) is 14.5 Å². The van der Waals surface area contributed by atoms with Crippen LogP contribution in [-0.2, 0) is 10.7 Å². The summed E-state index contributed by atoms with van der Waals surface area (Å²) in [5.74, 6) is -5.48. The van der Waals surface area contributed by atoms with Crippen molar-refractivity contribution >= 4 is 34.6 Å². The number of ketones is 1. The zero-order valence-corrected chi connectivity index (χ0v) is 13.7. The van der Waals surface area contributed by atoms with Gasteiger partial charge in [-0.1, -0.05) is 24.3 Å². The molecule has 2 aromatic carbocycles. The summed E-state index contributed by atoms with van der Waals surface area (Å²) < 4.78 is 26.8. The zero-order valence-electron chi connectivity index (χ0n) is 13.7. The number of hydrogen-bond acceptors (Lipinski definition) is 3. The van der Waals surface area contributed by atoms with E-state index < -0.39 is 23.2 Å². The molecule has 0 saturated heterocycles. The number of rotatable bonds is 2. The molecule has 3 aromatic rings. The quantitative estimate of drug-likeness (QED) is 0.540. The second kappa shape index (κ2) is 6.51. The molecule has 132 valence electrons. The van der Waals surface area contributed by atoms with E-state index in [1.165, 1.54) is 25.1 Å². The first-order chi connectivity index (χ1) is 12.4. The molecule has 7 heteroatoms. The Bertz CT molecular complexity index is 1020. The number of halogens is 2. The first kappa shape index (κ1) is 17.5. The third kappa shape index (κ3) is 2.88. The standard InChI is InChI=1S/C10H7F2NO2.C9H7NO/c1-5(14)6-3-2-4-7-8(6)10(11,12)9(15)13-7;11-6-7-2-1-3-9-8(7)4-5-10-9/h2-4H,1H3,(H,13,15);1-6,10H. The smallest absolute Gasteiger partial charge is 0.352 e. The molecule has 0 atom stereocenters. The van der Waals surface area contributed by atoms with Gasteiger partial charge in [0.25, 0.3) is 5.91 Å². The largest absolute Gasteiger partial charge is 0.361 e. The number of aldehydes is 1. The number of Topliss-reactive ketones (excluding diaryl/α,β-unsaturated/α-hetero) is 1. The minimum absolute atomic E-state index is 0.0118. The number of hydrogen-bond donors (Lipinski definition) is 2. The molecule has 0 fully saturated rings. The van der Waals surface area contributed by atoms with E-state index in [4.69, 9.17) is 0 Å². The molecule has 0 unspecified atom stereocenters. The molecule has 0 aliphatic carbocycles. The fourth-order valence-corrected chi connectivity index (χ4v) is 2.81. The maximum absolute atomic E-state index is 13.4. The Morgan fingerprint density at radius 3 is 2.54 bits per heavy atom. The lowest BCUT2D eigenvalue weighted by Gasteiger charge is -2.09. The highest BCUT2D eigenvalue weighted by atomic mass is 19.3. The van der Waals surface area contributed by atoms with E-state index in [0.717, 1.165) is 22.8 Å². The van der Waals surface area contributed by atoms with Crippen molar-refractivity contribution in [3.8, 4) is 0 Å². The summed E-state index contributed by atoms with van der Waals surface area (Å²) in [6.07, 6.45) is 2.70. The van der Waals surface area contributed by atoms with Crippen LogP contribution >= 0.6 is 0 Å². The summed E-state index contributed by atoms with van der Waals surface area (Å²) in [6.45, 7) is 1.19. The summed E-state index contributed by atoms with van der Waals surface area (Å²) in [4.78, 5) is 35.6. The number of nitrogens with one attached hydrogen (secondary N) is 2. The predicted molar refractivity (Wildman–Crippen MR) is 92.7 cm³/mol. The van der Waals surface area contributed by atoms with Crippen LogP contribution in [0.25, 0.3) is 10.9 Å². The minimum Gasteiger partial charge on any atom is -0.361 e. The van der Waals surface area contributed by atoms with Crippen molar-refractivity contribution in [1.29, 1.82) is 0 Å². The molecule has 5 nitrogen and oxygen atoms in total. The molecule has 0 saturated carbocycles. The number of amides is 1. The van der Waals surface area contributed by atoms with Crippen LogP contribution in [0.15, 0.2) is 48.7 Å². The van der Waals surface area contributed by atoms with Gasteiger partial charge in [0.05, 0.1) is 11.3 Å². The Labute approximate surface area is 147 Å². The Morgan fingerprint density at radius 1 is 1.12 bits per heavy atom. The molecule has 1 aromatic heterocycles. The van der Waals surface area contributed by atoms with Gasteiger partial charge < -0.3 is 10.3 Å². The van der Waals surface area contributed by atoms with E-state index in [1.54, 1.807) is 0 Å². The van der Waals surface area contributed by atoms with Gasteiger partial charge in [0.2, 0.25) is 0 Å². The number of carbonyl (C=O) groups excluding carboxylic acids is 3. The Hall–Kier alpha value is -3.35. The normalized spacial score (nSPS) is 14.2. The molecule has 0 bridgehead atoms. The molecule has 4 rings (SSSR count). The first-order valence-electron chi connectivity index (χ1n) is 7.71. The van der Waals surface area contributed by atoms with Gasteiger partial charge >= 0.3 is 5.92 Å². The van der Waals surface area contributed by atoms with Gasteiger partial charge in [0.1, 0.15) is 0 Å². The van der Waals surface area contributed by atoms with Crippen LogP contribution in [0.1, 0.15) is 33.2 Å². The van der Waals surface area contributed by atoms with Gasteiger partial charge in [-0.25, -0.2) is 0 Å². The predicted octanol–water partition coefficient (Wildman–Crippen LogP) is 3.91. The number of H-pyrrole nitrogens is 1. The second-order valence-electron chi connectivity index (χ2n) is 5.72. The molecule has 1 aliphatic rings. The van der Waals surface area contributed by atoms with Crippen molar-refractivity contribution in [2.45, 2.75) is 12.8 Å². The Kier molecular flexibility index (Phi) is 4.38. The average molecular weight is 356 g/mol. The molecule has 26 heavy (non-hydrogen) atoms. The van der Waals surface area contributed by atoms with Gasteiger partial charge in [0.15, 0.2) is 12.1 Å². The minimum atomic E-state index is -3.61. The fraction of sp³-hybridized carbons (Fsp3) is 0.105. The molecule has 2 heterocycles. The van der Waals surface area contributed by atoms with E-state index in [1.807, 2.05) is 35.8 Å². The van der Waals surface area contributed by atoms with Crippen molar-refractivity contribution in [2.75, 3.05) is 5.32 Å². The van der Waals surface area contributed by atoms with Crippen LogP contribution in [0.5, 0.6) is 0 Å². The molecule has 1 amide bonds. The average Bonchev–Trinajstić information content (AvgIpc) is 3.18. The Balaban J connectivity index is 0.000000158.